The number of nitrogens with zero attached hydrogens (tertiary/aromatic N) is 1. The first-order chi connectivity index (χ1) is 3.00. The maximum atomic E-state index is 3.67. The molecule has 0 amide bonds. The van der Waals surface area contributed by atoms with E-state index in [0.29, 0.717) is 0 Å². The molecule has 0 fully saturated rings. The van der Waals surface area contributed by atoms with Gasteiger partial charge in [-0.15, -0.1) is 11.8 Å². The highest BCUT2D eigenvalue weighted by atomic mass is 32.2. The summed E-state index contributed by atoms with van der Waals surface area (Å²) in [5, 5.41) is 3.67. The second-order valence-corrected chi connectivity index (χ2v) is 1.66. The van der Waals surface area contributed by atoms with Crippen LogP contribution in [0.5, 0.6) is 0 Å². The van der Waals surface area contributed by atoms with Gasteiger partial charge in [-0.1, -0.05) is 0 Å². The number of rotatable bonds is 0. The zero-order valence-corrected chi connectivity index (χ0v) is 3.96. The van der Waals surface area contributed by atoms with Crippen molar-refractivity contribution in [2.75, 3.05) is 5.75 Å². The van der Waals surface area contributed by atoms with Gasteiger partial charge in [-0.25, -0.2) is 0 Å². The van der Waals surface area contributed by atoms with Crippen LogP contribution in [-0.2, 0) is 0 Å². The van der Waals surface area contributed by atoms with Gasteiger partial charge in [0.2, 0.25) is 0 Å². The topological polar surface area (TPSA) is 24.4 Å². The van der Waals surface area contributed by atoms with Crippen LogP contribution in [-0.4, -0.2) is 12.0 Å². The summed E-state index contributed by atoms with van der Waals surface area (Å²) in [7, 11) is 0. The minimum atomic E-state index is 0.951. The molecular weight excluding hydrogens is 96.1 g/mol. The molecule has 1 aliphatic heterocycles. The van der Waals surface area contributed by atoms with Crippen molar-refractivity contribution >= 4 is 18.0 Å². The van der Waals surface area contributed by atoms with Gasteiger partial charge in [-0.05, 0) is 0 Å². The molecule has 0 aromatic carbocycles. The highest BCUT2D eigenvalue weighted by molar-refractivity contribution is 8.01. The molecule has 0 atom stereocenters. The van der Waals surface area contributed by atoms with Crippen LogP contribution in [0.2, 0.25) is 0 Å². The number of thioether (sulfide) groups is 1. The lowest BCUT2D eigenvalue weighted by Gasteiger charge is -1.98. The molecule has 0 spiro atoms. The SMILES string of the molecule is [C]1NN=CCS1. The molecule has 0 aromatic heterocycles. The molecule has 0 bridgehead atoms. The van der Waals surface area contributed by atoms with E-state index in [0.717, 1.165) is 5.75 Å². The smallest absolute Gasteiger partial charge is 0.174 e. The van der Waals surface area contributed by atoms with Crippen molar-refractivity contribution in [1.82, 2.24) is 5.43 Å². The Bertz CT molecular complexity index is 53.8. The predicted molar refractivity (Wildman–Crippen MR) is 27.3 cm³/mol. The molecule has 6 heavy (non-hydrogen) atoms. The van der Waals surface area contributed by atoms with E-state index in [9.17, 15) is 0 Å². The van der Waals surface area contributed by atoms with E-state index in [-0.39, 0.29) is 0 Å². The molecule has 0 saturated heterocycles. The van der Waals surface area contributed by atoms with Crippen molar-refractivity contribution in [2.24, 2.45) is 5.10 Å². The van der Waals surface area contributed by atoms with E-state index < -0.39 is 0 Å². The second kappa shape index (κ2) is 2.08. The summed E-state index contributed by atoms with van der Waals surface area (Å²) in [4.78, 5) is 0. The second-order valence-electron chi connectivity index (χ2n) is 0.837. The third-order valence-electron chi connectivity index (χ3n) is 0.432. The largest absolute Gasteiger partial charge is 0.287 e. The van der Waals surface area contributed by atoms with Crippen LogP contribution in [0.25, 0.3) is 0 Å². The Morgan fingerprint density at radius 3 is 3.17 bits per heavy atom. The number of nitrogens with one attached hydrogen (secondary N) is 1. The first-order valence-corrected chi connectivity index (χ1v) is 2.62. The van der Waals surface area contributed by atoms with Gasteiger partial charge in [0.25, 0.3) is 0 Å². The Morgan fingerprint density at radius 1 is 2.00 bits per heavy atom. The quantitative estimate of drug-likeness (QED) is 0.473. The third kappa shape index (κ3) is 0.897. The molecule has 1 N–H and O–H groups in total. The van der Waals surface area contributed by atoms with Crippen molar-refractivity contribution in [3.8, 4) is 0 Å². The highest BCUT2D eigenvalue weighted by Crippen LogP contribution is 2.01. The first kappa shape index (κ1) is 3.99. The summed E-state index contributed by atoms with van der Waals surface area (Å²) in [6, 6.07) is 0. The van der Waals surface area contributed by atoms with Crippen LogP contribution in [0.3, 0.4) is 0 Å². The molecule has 1 rings (SSSR count). The van der Waals surface area contributed by atoms with E-state index in [4.69, 9.17) is 0 Å². The Labute approximate surface area is 41.0 Å². The third-order valence-corrected chi connectivity index (χ3v) is 0.983. The van der Waals surface area contributed by atoms with Gasteiger partial charge in [0.05, 0.1) is 0 Å². The predicted octanol–water partition coefficient (Wildman–Crippen LogP) is 0.305. The summed E-state index contributed by atoms with van der Waals surface area (Å²) < 4.78 is 0. The Hall–Kier alpha value is -0.180. The van der Waals surface area contributed by atoms with Crippen molar-refractivity contribution in [1.29, 1.82) is 0 Å². The van der Waals surface area contributed by atoms with Crippen LogP contribution in [0, 0.1) is 5.88 Å². The molecule has 0 saturated carbocycles. The average molecular weight is 100 g/mol. The molecule has 0 aromatic rings. The number of hydrogen-bond donors (Lipinski definition) is 1. The lowest BCUT2D eigenvalue weighted by molar-refractivity contribution is 0.945. The number of hydrogen-bond acceptors (Lipinski definition) is 3. The molecule has 2 radical (unpaired) electrons. The average Bonchev–Trinajstić information content (AvgIpc) is 1.72. The van der Waals surface area contributed by atoms with E-state index in [1.165, 1.54) is 0 Å². The summed E-state index contributed by atoms with van der Waals surface area (Å²) >= 11 is 1.58. The van der Waals surface area contributed by atoms with Crippen LogP contribution in [0.4, 0.5) is 0 Å². The monoisotopic (exact) mass is 100 g/mol. The van der Waals surface area contributed by atoms with Crippen molar-refractivity contribution in [3.05, 3.63) is 5.88 Å². The molecule has 3 heteroatoms. The summed E-state index contributed by atoms with van der Waals surface area (Å²) in [6.45, 7) is 0. The zero-order chi connectivity index (χ0) is 4.24. The van der Waals surface area contributed by atoms with Gasteiger partial charge in [-0.2, -0.15) is 5.10 Å². The minimum absolute atomic E-state index is 0.951. The van der Waals surface area contributed by atoms with E-state index in [1.807, 2.05) is 0 Å². The van der Waals surface area contributed by atoms with Crippen molar-refractivity contribution in [3.63, 3.8) is 0 Å². The van der Waals surface area contributed by atoms with Crippen LogP contribution in [0.15, 0.2) is 5.10 Å². The lowest BCUT2D eigenvalue weighted by atomic mass is 10.9. The summed E-state index contributed by atoms with van der Waals surface area (Å²) in [6.07, 6.45) is 1.81. The molecule has 32 valence electrons. The van der Waals surface area contributed by atoms with E-state index >= 15 is 0 Å². The molecule has 2 nitrogen and oxygen atoms in total. The Balaban J connectivity index is 2.26. The fraction of sp³-hybridized carbons (Fsp3) is 0.333. The number of hydrazone groups is 1. The fourth-order valence-corrected chi connectivity index (χ4v) is 0.570. The first-order valence-electron chi connectivity index (χ1n) is 1.63. The van der Waals surface area contributed by atoms with Gasteiger partial charge in [0.15, 0.2) is 5.88 Å². The van der Waals surface area contributed by atoms with E-state index in [2.05, 4.69) is 16.4 Å². The summed E-state index contributed by atoms with van der Waals surface area (Å²) in [5.41, 5.74) is 2.57. The lowest BCUT2D eigenvalue weighted by Crippen LogP contribution is -2.04. The van der Waals surface area contributed by atoms with Gasteiger partial charge in [-0.3, -0.25) is 5.43 Å². The van der Waals surface area contributed by atoms with Crippen LogP contribution >= 0.6 is 11.8 Å². The standard InChI is InChI=1S/C3H4N2S/c1-2-6-3-5-4-1/h1,5H,2H2. The van der Waals surface area contributed by atoms with Gasteiger partial charge < -0.3 is 0 Å². The molecule has 1 heterocycles. The molecule has 0 aliphatic carbocycles. The maximum absolute atomic E-state index is 3.67. The molecular formula is C3H4N2S. The fourth-order valence-electron chi connectivity index (χ4n) is 0.220. The summed E-state index contributed by atoms with van der Waals surface area (Å²) in [5.74, 6) is 3.70. The van der Waals surface area contributed by atoms with Crippen LogP contribution < -0.4 is 5.43 Å². The Morgan fingerprint density at radius 2 is 3.00 bits per heavy atom. The van der Waals surface area contributed by atoms with Crippen molar-refractivity contribution < 1.29 is 0 Å². The van der Waals surface area contributed by atoms with Gasteiger partial charge in [0, 0.05) is 12.0 Å². The highest BCUT2D eigenvalue weighted by Gasteiger charge is 1.88. The minimum Gasteiger partial charge on any atom is -0.287 e. The van der Waals surface area contributed by atoms with Gasteiger partial charge in [0.1, 0.15) is 0 Å². The van der Waals surface area contributed by atoms with E-state index in [1.54, 1.807) is 18.0 Å². The molecule has 0 unspecified atom stereocenters. The van der Waals surface area contributed by atoms with Gasteiger partial charge >= 0.3 is 0 Å². The molecule has 1 aliphatic rings. The Kier molecular flexibility index (Phi) is 1.38. The van der Waals surface area contributed by atoms with Crippen LogP contribution in [0.1, 0.15) is 0 Å². The van der Waals surface area contributed by atoms with Crippen molar-refractivity contribution in [2.45, 2.75) is 0 Å². The zero-order valence-electron chi connectivity index (χ0n) is 3.14. The maximum Gasteiger partial charge on any atom is 0.174 e. The normalized spacial score (nSPS) is 20.0.